The molecule has 5 heteroatoms. The summed E-state index contributed by atoms with van der Waals surface area (Å²) in [6.45, 7) is 0.0619. The highest BCUT2D eigenvalue weighted by Gasteiger charge is 2.24. The normalized spacial score (nSPS) is 15.1. The van der Waals surface area contributed by atoms with Gasteiger partial charge in [-0.15, -0.1) is 0 Å². The molecule has 0 aromatic heterocycles. The van der Waals surface area contributed by atoms with E-state index in [2.05, 4.69) is 5.32 Å². The molecular weight excluding hydrogens is 190 g/mol. The third kappa shape index (κ3) is 1.21. The summed E-state index contributed by atoms with van der Waals surface area (Å²) in [6.07, 6.45) is 0. The highest BCUT2D eigenvalue weighted by Crippen LogP contribution is 2.31. The van der Waals surface area contributed by atoms with Crippen LogP contribution in [-0.2, 0) is 4.79 Å². The summed E-state index contributed by atoms with van der Waals surface area (Å²) >= 11 is 0. The lowest BCUT2D eigenvalue weighted by atomic mass is 10.2. The first-order valence-corrected chi connectivity index (χ1v) is 4.09. The SMILES string of the molecule is CN1C(=O)CNc2cc(F)cc(F)c21. The van der Waals surface area contributed by atoms with Gasteiger partial charge < -0.3 is 10.2 Å². The van der Waals surface area contributed by atoms with E-state index >= 15 is 0 Å². The fraction of sp³-hybridized carbons (Fsp3) is 0.222. The van der Waals surface area contributed by atoms with E-state index < -0.39 is 11.6 Å². The quantitative estimate of drug-likeness (QED) is 0.682. The van der Waals surface area contributed by atoms with Crippen LogP contribution in [0.25, 0.3) is 0 Å². The van der Waals surface area contributed by atoms with E-state index in [1.54, 1.807) is 0 Å². The fourth-order valence-corrected chi connectivity index (χ4v) is 1.46. The highest BCUT2D eigenvalue weighted by atomic mass is 19.1. The molecule has 0 bridgehead atoms. The van der Waals surface area contributed by atoms with Gasteiger partial charge in [0.2, 0.25) is 5.91 Å². The Bertz CT molecular complexity index is 406. The van der Waals surface area contributed by atoms with Gasteiger partial charge in [-0.05, 0) is 6.07 Å². The molecule has 2 rings (SSSR count). The van der Waals surface area contributed by atoms with Crippen LogP contribution in [0.15, 0.2) is 12.1 Å². The van der Waals surface area contributed by atoms with Gasteiger partial charge in [-0.1, -0.05) is 0 Å². The van der Waals surface area contributed by atoms with Crippen LogP contribution in [0.4, 0.5) is 20.2 Å². The molecule has 1 heterocycles. The number of anilines is 2. The van der Waals surface area contributed by atoms with Crippen molar-refractivity contribution in [2.24, 2.45) is 0 Å². The van der Waals surface area contributed by atoms with Gasteiger partial charge in [-0.25, -0.2) is 8.78 Å². The van der Waals surface area contributed by atoms with E-state index in [1.165, 1.54) is 18.0 Å². The largest absolute Gasteiger partial charge is 0.374 e. The Labute approximate surface area is 79.3 Å². The van der Waals surface area contributed by atoms with Crippen molar-refractivity contribution in [1.82, 2.24) is 0 Å². The van der Waals surface area contributed by atoms with E-state index in [-0.39, 0.29) is 18.1 Å². The molecule has 1 aromatic rings. The van der Waals surface area contributed by atoms with Crippen molar-refractivity contribution in [2.75, 3.05) is 23.8 Å². The van der Waals surface area contributed by atoms with Crippen molar-refractivity contribution in [3.05, 3.63) is 23.8 Å². The lowest BCUT2D eigenvalue weighted by Gasteiger charge is -2.26. The molecule has 0 atom stereocenters. The number of carbonyl (C=O) groups is 1. The van der Waals surface area contributed by atoms with Crippen molar-refractivity contribution >= 4 is 17.3 Å². The zero-order valence-electron chi connectivity index (χ0n) is 7.47. The van der Waals surface area contributed by atoms with Crippen LogP contribution < -0.4 is 10.2 Å². The average Bonchev–Trinajstić information content (AvgIpc) is 2.10. The molecule has 1 amide bonds. The van der Waals surface area contributed by atoms with E-state index in [0.717, 1.165) is 6.07 Å². The van der Waals surface area contributed by atoms with E-state index in [9.17, 15) is 13.6 Å². The zero-order chi connectivity index (χ0) is 10.3. The Morgan fingerprint density at radius 3 is 2.86 bits per heavy atom. The minimum absolute atomic E-state index is 0.0619. The number of amides is 1. The van der Waals surface area contributed by atoms with Crippen molar-refractivity contribution in [3.63, 3.8) is 0 Å². The number of nitrogens with zero attached hydrogens (tertiary/aromatic N) is 1. The molecule has 0 radical (unpaired) electrons. The predicted molar refractivity (Wildman–Crippen MR) is 48.3 cm³/mol. The summed E-state index contributed by atoms with van der Waals surface area (Å²) < 4.78 is 26.1. The van der Waals surface area contributed by atoms with Crippen molar-refractivity contribution < 1.29 is 13.6 Å². The molecule has 0 spiro atoms. The van der Waals surface area contributed by atoms with E-state index in [1.807, 2.05) is 0 Å². The molecule has 1 aromatic carbocycles. The smallest absolute Gasteiger partial charge is 0.246 e. The topological polar surface area (TPSA) is 32.3 Å². The zero-order valence-corrected chi connectivity index (χ0v) is 7.47. The summed E-state index contributed by atoms with van der Waals surface area (Å²) in [5, 5.41) is 2.65. The molecule has 14 heavy (non-hydrogen) atoms. The predicted octanol–water partition coefficient (Wildman–Crippen LogP) is 1.35. The maximum Gasteiger partial charge on any atom is 0.246 e. The molecule has 1 aliphatic rings. The molecule has 0 saturated carbocycles. The number of nitrogens with one attached hydrogen (secondary N) is 1. The molecule has 1 N–H and O–H groups in total. The number of carbonyl (C=O) groups excluding carboxylic acids is 1. The third-order valence-electron chi connectivity index (χ3n) is 2.17. The molecule has 0 aliphatic carbocycles. The highest BCUT2D eigenvalue weighted by molar-refractivity contribution is 6.02. The van der Waals surface area contributed by atoms with Gasteiger partial charge in [0.05, 0.1) is 12.2 Å². The van der Waals surface area contributed by atoms with Gasteiger partial charge in [0.15, 0.2) is 5.82 Å². The molecule has 3 nitrogen and oxygen atoms in total. The first-order valence-electron chi connectivity index (χ1n) is 4.09. The molecule has 1 aliphatic heterocycles. The Balaban J connectivity index is 2.60. The number of benzene rings is 1. The summed E-state index contributed by atoms with van der Waals surface area (Å²) in [7, 11) is 1.46. The molecule has 74 valence electrons. The number of fused-ring (bicyclic) bond motifs is 1. The summed E-state index contributed by atoms with van der Waals surface area (Å²) in [5.74, 6) is -1.64. The van der Waals surface area contributed by atoms with Crippen LogP contribution >= 0.6 is 0 Å². The van der Waals surface area contributed by atoms with Gasteiger partial charge in [0.25, 0.3) is 0 Å². The van der Waals surface area contributed by atoms with Crippen LogP contribution in [0, 0.1) is 11.6 Å². The minimum atomic E-state index is -0.733. The molecule has 0 unspecified atom stereocenters. The third-order valence-corrected chi connectivity index (χ3v) is 2.17. The van der Waals surface area contributed by atoms with Crippen molar-refractivity contribution in [1.29, 1.82) is 0 Å². The molecular formula is C9H8F2N2O. The fourth-order valence-electron chi connectivity index (χ4n) is 1.46. The van der Waals surface area contributed by atoms with Crippen molar-refractivity contribution in [2.45, 2.75) is 0 Å². The lowest BCUT2D eigenvalue weighted by molar-refractivity contribution is -0.116. The first kappa shape index (κ1) is 8.93. The van der Waals surface area contributed by atoms with Crippen molar-refractivity contribution in [3.8, 4) is 0 Å². The maximum atomic E-state index is 13.3. The second-order valence-corrected chi connectivity index (χ2v) is 3.09. The second kappa shape index (κ2) is 2.94. The minimum Gasteiger partial charge on any atom is -0.374 e. The lowest BCUT2D eigenvalue weighted by Crippen LogP contribution is -2.37. The number of likely N-dealkylation sites (N-methyl/N-ethyl adjacent to an activating group) is 1. The Hall–Kier alpha value is -1.65. The van der Waals surface area contributed by atoms with Gasteiger partial charge >= 0.3 is 0 Å². The Morgan fingerprint density at radius 1 is 1.43 bits per heavy atom. The summed E-state index contributed by atoms with van der Waals surface area (Å²) in [6, 6.07) is 1.93. The van der Waals surface area contributed by atoms with Crippen LogP contribution in [0.5, 0.6) is 0 Å². The average molecular weight is 198 g/mol. The van der Waals surface area contributed by atoms with Gasteiger partial charge in [0, 0.05) is 13.1 Å². The van der Waals surface area contributed by atoms with Crippen LogP contribution in [0.2, 0.25) is 0 Å². The van der Waals surface area contributed by atoms with Crippen LogP contribution in [0.1, 0.15) is 0 Å². The Kier molecular flexibility index (Phi) is 1.87. The number of hydrogen-bond donors (Lipinski definition) is 1. The molecule has 0 saturated heterocycles. The Morgan fingerprint density at radius 2 is 2.14 bits per heavy atom. The standard InChI is InChI=1S/C9H8F2N2O/c1-13-8(14)4-12-7-3-5(10)2-6(11)9(7)13/h2-3,12H,4H2,1H3. The van der Waals surface area contributed by atoms with Crippen LogP contribution in [0.3, 0.4) is 0 Å². The number of halogens is 2. The summed E-state index contributed by atoms with van der Waals surface area (Å²) in [5.41, 5.74) is 0.409. The van der Waals surface area contributed by atoms with Gasteiger partial charge in [0.1, 0.15) is 11.5 Å². The first-order chi connectivity index (χ1) is 6.59. The number of hydrogen-bond acceptors (Lipinski definition) is 2. The van der Waals surface area contributed by atoms with Crippen LogP contribution in [-0.4, -0.2) is 19.5 Å². The van der Waals surface area contributed by atoms with Gasteiger partial charge in [-0.3, -0.25) is 4.79 Å². The monoisotopic (exact) mass is 198 g/mol. The molecule has 0 fully saturated rings. The summed E-state index contributed by atoms with van der Waals surface area (Å²) in [4.78, 5) is 12.4. The van der Waals surface area contributed by atoms with E-state index in [4.69, 9.17) is 0 Å². The number of rotatable bonds is 0. The second-order valence-electron chi connectivity index (χ2n) is 3.09. The van der Waals surface area contributed by atoms with E-state index in [0.29, 0.717) is 5.69 Å². The maximum absolute atomic E-state index is 13.3. The van der Waals surface area contributed by atoms with Gasteiger partial charge in [-0.2, -0.15) is 0 Å².